The van der Waals surface area contributed by atoms with Gasteiger partial charge in [-0.2, -0.15) is 0 Å². The maximum Gasteiger partial charge on any atom is 0.262 e. The Balaban J connectivity index is 1.47. The van der Waals surface area contributed by atoms with Gasteiger partial charge in [0.15, 0.2) is 0 Å². The molecule has 0 aromatic heterocycles. The van der Waals surface area contributed by atoms with Crippen LogP contribution in [-0.4, -0.2) is 16.3 Å². The van der Waals surface area contributed by atoms with Crippen LogP contribution in [0, 0.1) is 6.92 Å². The third-order valence-corrected chi connectivity index (χ3v) is 6.40. The number of hydrogen-bond acceptors (Lipinski definition) is 3. The lowest BCUT2D eigenvalue weighted by Crippen LogP contribution is -2.38. The van der Waals surface area contributed by atoms with Crippen molar-refractivity contribution in [3.8, 4) is 11.5 Å². The second kappa shape index (κ2) is 8.12. The molecule has 2 aromatic rings. The second-order valence-corrected chi connectivity index (χ2v) is 8.49. The molecule has 2 N–H and O–H groups in total. The van der Waals surface area contributed by atoms with E-state index in [9.17, 15) is 5.11 Å². The summed E-state index contributed by atoms with van der Waals surface area (Å²) in [5.41, 5.74) is 5.62. The maximum absolute atomic E-state index is 10.5. The number of thiocarbonyl (C=S) groups is 1. The summed E-state index contributed by atoms with van der Waals surface area (Å²) in [6.07, 6.45) is 7.87. The number of phenols is 1. The van der Waals surface area contributed by atoms with Crippen LogP contribution in [0.25, 0.3) is 0 Å². The van der Waals surface area contributed by atoms with Crippen molar-refractivity contribution in [3.05, 3.63) is 58.1 Å². The average molecular weight is 396 g/mol. The normalized spacial score (nSPS) is 18.4. The number of ether oxygens (including phenoxy) is 1. The van der Waals surface area contributed by atoms with E-state index in [1.165, 1.54) is 37.7 Å². The van der Waals surface area contributed by atoms with Crippen LogP contribution in [-0.2, 0) is 12.8 Å². The number of phenolic OH excluding ortho intramolecular Hbond substituents is 1. The summed E-state index contributed by atoms with van der Waals surface area (Å²) in [5, 5.41) is 14.4. The van der Waals surface area contributed by atoms with Crippen molar-refractivity contribution in [2.24, 2.45) is 0 Å². The van der Waals surface area contributed by atoms with E-state index in [1.807, 2.05) is 6.07 Å². The molecule has 1 atom stereocenters. The molecule has 0 bridgehead atoms. The molecule has 4 rings (SSSR count). The van der Waals surface area contributed by atoms with Crippen molar-refractivity contribution in [2.75, 3.05) is 0 Å². The lowest BCUT2D eigenvalue weighted by Gasteiger charge is -2.24. The first-order valence-corrected chi connectivity index (χ1v) is 10.9. The van der Waals surface area contributed by atoms with Crippen molar-refractivity contribution in [1.82, 2.24) is 5.32 Å². The van der Waals surface area contributed by atoms with Gasteiger partial charge >= 0.3 is 0 Å². The van der Waals surface area contributed by atoms with Gasteiger partial charge in [-0.1, -0.05) is 56.5 Å². The predicted octanol–water partition coefficient (Wildman–Crippen LogP) is 5.54. The zero-order valence-electron chi connectivity index (χ0n) is 16.8. The molecule has 2 aliphatic carbocycles. The summed E-state index contributed by atoms with van der Waals surface area (Å²) >= 11 is 5.51. The van der Waals surface area contributed by atoms with E-state index in [2.05, 4.69) is 43.4 Å². The van der Waals surface area contributed by atoms with Gasteiger partial charge < -0.3 is 15.2 Å². The van der Waals surface area contributed by atoms with Crippen LogP contribution in [0.4, 0.5) is 0 Å². The summed E-state index contributed by atoms with van der Waals surface area (Å²) in [6, 6.07) is 10.9. The monoisotopic (exact) mass is 395 g/mol. The van der Waals surface area contributed by atoms with E-state index in [4.69, 9.17) is 17.0 Å². The lowest BCUT2D eigenvalue weighted by atomic mass is 9.96. The molecule has 1 unspecified atom stereocenters. The Morgan fingerprint density at radius 1 is 1.14 bits per heavy atom. The number of fused-ring (bicyclic) bond motifs is 1. The quantitative estimate of drug-likeness (QED) is 0.653. The van der Waals surface area contributed by atoms with Gasteiger partial charge in [0.1, 0.15) is 11.5 Å². The second-order valence-electron chi connectivity index (χ2n) is 8.12. The molecule has 1 saturated carbocycles. The number of hydrogen-bond donors (Lipinski definition) is 2. The van der Waals surface area contributed by atoms with Crippen LogP contribution in [0.5, 0.6) is 11.5 Å². The first kappa shape index (κ1) is 19.3. The smallest absolute Gasteiger partial charge is 0.262 e. The van der Waals surface area contributed by atoms with Crippen molar-refractivity contribution in [2.45, 2.75) is 70.8 Å². The van der Waals surface area contributed by atoms with E-state index in [-0.39, 0.29) is 5.92 Å². The fourth-order valence-corrected chi connectivity index (χ4v) is 4.76. The van der Waals surface area contributed by atoms with E-state index >= 15 is 0 Å². The Bertz CT molecular complexity index is 886. The van der Waals surface area contributed by atoms with E-state index in [0.717, 1.165) is 40.8 Å². The maximum atomic E-state index is 10.5. The van der Waals surface area contributed by atoms with Crippen LogP contribution in [0.2, 0.25) is 0 Å². The highest BCUT2D eigenvalue weighted by atomic mass is 32.1. The van der Waals surface area contributed by atoms with E-state index in [1.54, 1.807) is 0 Å². The molecule has 1 fully saturated rings. The molecule has 148 valence electrons. The molecule has 4 heteroatoms. The topological polar surface area (TPSA) is 41.5 Å². The van der Waals surface area contributed by atoms with Crippen LogP contribution in [0.15, 0.2) is 30.3 Å². The van der Waals surface area contributed by atoms with Gasteiger partial charge in [0.05, 0.1) is 0 Å². The highest BCUT2D eigenvalue weighted by Gasteiger charge is 2.37. The van der Waals surface area contributed by atoms with Crippen molar-refractivity contribution in [3.63, 3.8) is 0 Å². The minimum Gasteiger partial charge on any atom is -0.507 e. The molecule has 28 heavy (non-hydrogen) atoms. The van der Waals surface area contributed by atoms with Crippen molar-refractivity contribution < 1.29 is 9.84 Å². The zero-order chi connectivity index (χ0) is 19.7. The van der Waals surface area contributed by atoms with Crippen molar-refractivity contribution in [1.29, 1.82) is 0 Å². The van der Waals surface area contributed by atoms with E-state index in [0.29, 0.717) is 17.0 Å². The molecule has 0 heterocycles. The zero-order valence-corrected chi connectivity index (χ0v) is 17.6. The average Bonchev–Trinajstić information content (AvgIpc) is 3.39. The van der Waals surface area contributed by atoms with Crippen molar-refractivity contribution >= 4 is 17.4 Å². The van der Waals surface area contributed by atoms with Crippen LogP contribution >= 0.6 is 12.2 Å². The Labute approximate surface area is 173 Å². The summed E-state index contributed by atoms with van der Waals surface area (Å²) in [6.45, 7) is 4.14. The molecule has 2 aliphatic rings. The molecule has 0 radical (unpaired) electrons. The predicted molar refractivity (Wildman–Crippen MR) is 117 cm³/mol. The SMILES string of the molecule is CCc1ccc2c(c1O)C2Cc1cccc(C)c1OC(=S)NC1CCCCC1. The molecule has 0 aliphatic heterocycles. The minimum absolute atomic E-state index is 0.282. The van der Waals surface area contributed by atoms with Crippen LogP contribution in [0.1, 0.15) is 72.8 Å². The first-order chi connectivity index (χ1) is 13.6. The molecular weight excluding hydrogens is 366 g/mol. The largest absolute Gasteiger partial charge is 0.507 e. The summed E-state index contributed by atoms with van der Waals surface area (Å²) in [7, 11) is 0. The molecule has 3 nitrogen and oxygen atoms in total. The van der Waals surface area contributed by atoms with Gasteiger partial charge in [-0.05, 0) is 67.1 Å². The Morgan fingerprint density at radius 2 is 1.93 bits per heavy atom. The van der Waals surface area contributed by atoms with Crippen LogP contribution in [0.3, 0.4) is 0 Å². The molecule has 0 amide bonds. The number of nitrogens with one attached hydrogen (secondary N) is 1. The summed E-state index contributed by atoms with van der Waals surface area (Å²) in [5.74, 6) is 1.63. The molecule has 2 aromatic carbocycles. The third kappa shape index (κ3) is 3.88. The highest BCUT2D eigenvalue weighted by Crippen LogP contribution is 2.52. The lowest BCUT2D eigenvalue weighted by molar-refractivity contribution is 0.392. The highest BCUT2D eigenvalue weighted by molar-refractivity contribution is 7.80. The third-order valence-electron chi connectivity index (χ3n) is 6.20. The Morgan fingerprint density at radius 3 is 2.68 bits per heavy atom. The standard InChI is InChI=1S/C24H29NO2S/c1-3-16-12-13-19-20(21(19)22(16)26)14-17-9-7-8-15(2)23(17)27-24(28)25-18-10-5-4-6-11-18/h7-9,12-13,18,20,26H,3-6,10-11,14H2,1-2H3,(H,25,28). The van der Waals surface area contributed by atoms with Gasteiger partial charge in [-0.3, -0.25) is 0 Å². The molecule has 0 saturated heterocycles. The number of para-hydroxylation sites is 1. The van der Waals surface area contributed by atoms with Crippen LogP contribution < -0.4 is 10.1 Å². The Kier molecular flexibility index (Phi) is 5.58. The number of rotatable bonds is 5. The number of benzene rings is 2. The molecule has 0 spiro atoms. The van der Waals surface area contributed by atoms with Gasteiger partial charge in [-0.15, -0.1) is 0 Å². The summed E-state index contributed by atoms with van der Waals surface area (Å²) in [4.78, 5) is 0. The number of aryl methyl sites for hydroxylation is 2. The van der Waals surface area contributed by atoms with Gasteiger partial charge in [0.2, 0.25) is 0 Å². The first-order valence-electron chi connectivity index (χ1n) is 10.5. The fourth-order valence-electron chi connectivity index (χ4n) is 4.51. The summed E-state index contributed by atoms with van der Waals surface area (Å²) < 4.78 is 6.14. The van der Waals surface area contributed by atoms with Gasteiger partial charge in [-0.25, -0.2) is 0 Å². The fraction of sp³-hybridized carbons (Fsp3) is 0.458. The number of aromatic hydroxyl groups is 1. The molecular formula is C24H29NO2S. The Hall–Kier alpha value is -2.07. The van der Waals surface area contributed by atoms with Gasteiger partial charge in [0, 0.05) is 17.5 Å². The van der Waals surface area contributed by atoms with E-state index < -0.39 is 0 Å². The van der Waals surface area contributed by atoms with Gasteiger partial charge in [0.25, 0.3) is 5.17 Å². The minimum atomic E-state index is 0.282.